The lowest BCUT2D eigenvalue weighted by atomic mass is 10.1. The van der Waals surface area contributed by atoms with E-state index in [4.69, 9.17) is 16.7 Å². The molecule has 0 saturated carbocycles. The zero-order valence-electron chi connectivity index (χ0n) is 11.5. The predicted octanol–water partition coefficient (Wildman–Crippen LogP) is 1.16. The minimum Gasteiger partial charge on any atom is -0.478 e. The second-order valence-electron chi connectivity index (χ2n) is 5.22. The smallest absolute Gasteiger partial charge is 0.335 e. The predicted molar refractivity (Wildman–Crippen MR) is 80.1 cm³/mol. The summed E-state index contributed by atoms with van der Waals surface area (Å²) in [4.78, 5) is 13.0. The van der Waals surface area contributed by atoms with E-state index in [-0.39, 0.29) is 11.6 Å². The van der Waals surface area contributed by atoms with E-state index >= 15 is 0 Å². The minimum absolute atomic E-state index is 0.110. The molecule has 0 aromatic heterocycles. The maximum Gasteiger partial charge on any atom is 0.335 e. The maximum absolute atomic E-state index is 11.2. The van der Waals surface area contributed by atoms with Crippen molar-refractivity contribution in [1.29, 1.82) is 0 Å². The number of carboxylic acid groups (broad SMARTS) is 1. The third-order valence-electron chi connectivity index (χ3n) is 3.34. The van der Waals surface area contributed by atoms with Gasteiger partial charge in [-0.2, -0.15) is 0 Å². The summed E-state index contributed by atoms with van der Waals surface area (Å²) in [6, 6.07) is 4.48. The standard InChI is InChI=1S/C13H17ClN2O4S/c1-21(19,20)15-11-4-5-16(8-11)7-10-6-9(13(17)18)2-3-12(10)14/h2-3,6,11,15H,4-5,7-8H2,1H3,(H,17,18). The van der Waals surface area contributed by atoms with Crippen molar-refractivity contribution in [2.24, 2.45) is 0 Å². The number of aromatic carboxylic acids is 1. The Bertz CT molecular complexity index is 648. The first-order valence-electron chi connectivity index (χ1n) is 6.46. The topological polar surface area (TPSA) is 86.7 Å². The van der Waals surface area contributed by atoms with Gasteiger partial charge in [0.2, 0.25) is 10.0 Å². The largest absolute Gasteiger partial charge is 0.478 e. The molecular weight excluding hydrogens is 316 g/mol. The van der Waals surface area contributed by atoms with Crippen LogP contribution in [0.25, 0.3) is 0 Å². The molecule has 1 aliphatic rings. The number of hydrogen-bond acceptors (Lipinski definition) is 4. The van der Waals surface area contributed by atoms with Crippen molar-refractivity contribution in [3.8, 4) is 0 Å². The van der Waals surface area contributed by atoms with Crippen molar-refractivity contribution in [1.82, 2.24) is 9.62 Å². The molecule has 1 unspecified atom stereocenters. The molecule has 2 N–H and O–H groups in total. The molecular formula is C13H17ClN2O4S. The molecule has 1 aromatic carbocycles. The summed E-state index contributed by atoms with van der Waals surface area (Å²) in [6.45, 7) is 1.82. The minimum atomic E-state index is -3.21. The van der Waals surface area contributed by atoms with Gasteiger partial charge in [-0.3, -0.25) is 4.90 Å². The highest BCUT2D eigenvalue weighted by Gasteiger charge is 2.25. The van der Waals surface area contributed by atoms with Crippen LogP contribution in [0.4, 0.5) is 0 Å². The third kappa shape index (κ3) is 4.67. The highest BCUT2D eigenvalue weighted by Crippen LogP contribution is 2.22. The summed E-state index contributed by atoms with van der Waals surface area (Å²) >= 11 is 6.09. The SMILES string of the molecule is CS(=O)(=O)NC1CCN(Cc2cc(C(=O)O)ccc2Cl)C1. The molecule has 6 nitrogen and oxygen atoms in total. The van der Waals surface area contributed by atoms with Gasteiger partial charge in [0.25, 0.3) is 0 Å². The number of carbonyl (C=O) groups is 1. The van der Waals surface area contributed by atoms with Gasteiger partial charge in [0.05, 0.1) is 11.8 Å². The Morgan fingerprint density at radius 2 is 2.24 bits per heavy atom. The molecule has 0 aliphatic carbocycles. The van der Waals surface area contributed by atoms with Gasteiger partial charge in [-0.1, -0.05) is 11.6 Å². The molecule has 21 heavy (non-hydrogen) atoms. The Kier molecular flexibility index (Phi) is 4.88. The van der Waals surface area contributed by atoms with Gasteiger partial charge >= 0.3 is 5.97 Å². The van der Waals surface area contributed by atoms with Crippen LogP contribution < -0.4 is 4.72 Å². The van der Waals surface area contributed by atoms with Crippen LogP contribution in [0.5, 0.6) is 0 Å². The summed E-state index contributed by atoms with van der Waals surface area (Å²) in [6.07, 6.45) is 1.87. The summed E-state index contributed by atoms with van der Waals surface area (Å²) in [5.74, 6) is -0.994. The summed E-state index contributed by atoms with van der Waals surface area (Å²) in [5, 5.41) is 9.51. The Morgan fingerprint density at radius 1 is 1.52 bits per heavy atom. The van der Waals surface area contributed by atoms with Crippen LogP contribution in [0.2, 0.25) is 5.02 Å². The second kappa shape index (κ2) is 6.31. The van der Waals surface area contributed by atoms with Crippen LogP contribution in [0.15, 0.2) is 18.2 Å². The molecule has 0 spiro atoms. The van der Waals surface area contributed by atoms with Gasteiger partial charge in [-0.25, -0.2) is 17.9 Å². The average molecular weight is 333 g/mol. The molecule has 1 aromatic rings. The number of rotatable bonds is 5. The number of sulfonamides is 1. The number of likely N-dealkylation sites (tertiary alicyclic amines) is 1. The van der Waals surface area contributed by atoms with Crippen molar-refractivity contribution in [2.45, 2.75) is 19.0 Å². The summed E-state index contributed by atoms with van der Waals surface area (Å²) in [5.41, 5.74) is 0.927. The zero-order chi connectivity index (χ0) is 15.6. The zero-order valence-corrected chi connectivity index (χ0v) is 13.1. The van der Waals surface area contributed by atoms with E-state index < -0.39 is 16.0 Å². The third-order valence-corrected chi connectivity index (χ3v) is 4.47. The Labute approximate surface area is 128 Å². The maximum atomic E-state index is 11.2. The number of hydrogen-bond donors (Lipinski definition) is 2. The molecule has 1 aliphatic heterocycles. The lowest BCUT2D eigenvalue weighted by Gasteiger charge is -2.17. The van der Waals surface area contributed by atoms with Gasteiger partial charge in [0, 0.05) is 30.7 Å². The first-order valence-corrected chi connectivity index (χ1v) is 8.73. The quantitative estimate of drug-likeness (QED) is 0.845. The van der Waals surface area contributed by atoms with Gasteiger partial charge in [-0.05, 0) is 30.2 Å². The number of benzene rings is 1. The molecule has 1 saturated heterocycles. The number of halogens is 1. The van der Waals surface area contributed by atoms with Crippen LogP contribution in [0, 0.1) is 0 Å². The highest BCUT2D eigenvalue weighted by molar-refractivity contribution is 7.88. The van der Waals surface area contributed by atoms with Crippen LogP contribution in [-0.2, 0) is 16.6 Å². The molecule has 0 radical (unpaired) electrons. The molecule has 2 rings (SSSR count). The second-order valence-corrected chi connectivity index (χ2v) is 7.41. The Hall–Kier alpha value is -1.15. The fraction of sp³-hybridized carbons (Fsp3) is 0.462. The van der Waals surface area contributed by atoms with Crippen molar-refractivity contribution in [3.05, 3.63) is 34.3 Å². The van der Waals surface area contributed by atoms with Gasteiger partial charge in [0.15, 0.2) is 0 Å². The molecule has 1 heterocycles. The van der Waals surface area contributed by atoms with Crippen LogP contribution in [0.3, 0.4) is 0 Å². The Balaban J connectivity index is 2.03. The van der Waals surface area contributed by atoms with E-state index in [0.717, 1.165) is 24.8 Å². The molecule has 116 valence electrons. The van der Waals surface area contributed by atoms with Crippen molar-refractivity contribution >= 4 is 27.6 Å². The molecule has 0 amide bonds. The lowest BCUT2D eigenvalue weighted by Crippen LogP contribution is -2.36. The van der Waals surface area contributed by atoms with E-state index in [1.807, 2.05) is 0 Å². The Morgan fingerprint density at radius 3 is 2.86 bits per heavy atom. The molecule has 0 bridgehead atoms. The van der Waals surface area contributed by atoms with E-state index in [1.165, 1.54) is 6.07 Å². The lowest BCUT2D eigenvalue weighted by molar-refractivity contribution is 0.0696. The molecule has 1 fully saturated rings. The van der Waals surface area contributed by atoms with Crippen molar-refractivity contribution < 1.29 is 18.3 Å². The fourth-order valence-corrected chi connectivity index (χ4v) is 3.42. The summed E-state index contributed by atoms with van der Waals surface area (Å²) in [7, 11) is -3.21. The normalized spacial score (nSPS) is 19.8. The van der Waals surface area contributed by atoms with Crippen molar-refractivity contribution in [3.63, 3.8) is 0 Å². The number of carboxylic acids is 1. The van der Waals surface area contributed by atoms with Gasteiger partial charge in [-0.15, -0.1) is 0 Å². The van der Waals surface area contributed by atoms with E-state index in [9.17, 15) is 13.2 Å². The van der Waals surface area contributed by atoms with E-state index in [2.05, 4.69) is 9.62 Å². The van der Waals surface area contributed by atoms with E-state index in [0.29, 0.717) is 18.1 Å². The highest BCUT2D eigenvalue weighted by atomic mass is 35.5. The van der Waals surface area contributed by atoms with Crippen LogP contribution >= 0.6 is 11.6 Å². The van der Waals surface area contributed by atoms with Crippen LogP contribution in [0.1, 0.15) is 22.3 Å². The first-order chi connectivity index (χ1) is 9.74. The first kappa shape index (κ1) is 16.2. The van der Waals surface area contributed by atoms with E-state index in [1.54, 1.807) is 12.1 Å². The van der Waals surface area contributed by atoms with Gasteiger partial charge in [0.1, 0.15) is 0 Å². The molecule has 8 heteroatoms. The average Bonchev–Trinajstić information content (AvgIpc) is 2.76. The number of nitrogens with one attached hydrogen (secondary N) is 1. The van der Waals surface area contributed by atoms with Gasteiger partial charge < -0.3 is 5.11 Å². The molecule has 1 atom stereocenters. The van der Waals surface area contributed by atoms with Crippen molar-refractivity contribution in [2.75, 3.05) is 19.3 Å². The monoisotopic (exact) mass is 332 g/mol. The van der Waals surface area contributed by atoms with Crippen LogP contribution in [-0.4, -0.2) is 49.8 Å². The number of nitrogens with zero attached hydrogens (tertiary/aromatic N) is 1. The summed E-state index contributed by atoms with van der Waals surface area (Å²) < 4.78 is 25.0. The fourth-order valence-electron chi connectivity index (χ4n) is 2.45.